The first-order chi connectivity index (χ1) is 13.5. The van der Waals surface area contributed by atoms with E-state index >= 15 is 0 Å². The van der Waals surface area contributed by atoms with Gasteiger partial charge in [0.25, 0.3) is 11.8 Å². The van der Waals surface area contributed by atoms with Crippen molar-refractivity contribution in [3.8, 4) is 11.5 Å². The first-order valence-electron chi connectivity index (χ1n) is 9.02. The molecule has 0 radical (unpaired) electrons. The summed E-state index contributed by atoms with van der Waals surface area (Å²) in [5.41, 5.74) is 2.62. The lowest BCUT2D eigenvalue weighted by molar-refractivity contribution is -0.141. The maximum Gasteiger partial charge on any atom is 0.267 e. The van der Waals surface area contributed by atoms with E-state index in [0.717, 1.165) is 22.4 Å². The van der Waals surface area contributed by atoms with Gasteiger partial charge in [-0.25, -0.2) is 0 Å². The molecular formula is C21H20N4O3. The smallest absolute Gasteiger partial charge is 0.267 e. The zero-order valence-electron chi connectivity index (χ0n) is 15.7. The molecule has 1 atom stereocenters. The average Bonchev–Trinajstić information content (AvgIpc) is 3.35. The summed E-state index contributed by atoms with van der Waals surface area (Å²) in [5, 5.41) is 10.8. The number of nitrogens with one attached hydrogen (secondary N) is 1. The second-order valence-corrected chi connectivity index (χ2v) is 6.97. The molecule has 0 spiro atoms. The molecule has 0 saturated carbocycles. The van der Waals surface area contributed by atoms with Crippen molar-refractivity contribution in [2.24, 2.45) is 5.16 Å². The molecule has 7 nitrogen and oxygen atoms in total. The third kappa shape index (κ3) is 3.64. The van der Waals surface area contributed by atoms with Crippen LogP contribution in [0.1, 0.15) is 30.3 Å². The van der Waals surface area contributed by atoms with E-state index in [4.69, 9.17) is 9.36 Å². The molecule has 2 aromatic carbocycles. The van der Waals surface area contributed by atoms with Crippen LogP contribution >= 0.6 is 0 Å². The van der Waals surface area contributed by atoms with Gasteiger partial charge in [0.15, 0.2) is 5.82 Å². The van der Waals surface area contributed by atoms with Crippen LogP contribution in [-0.4, -0.2) is 27.4 Å². The third-order valence-corrected chi connectivity index (χ3v) is 4.62. The minimum atomic E-state index is -1.06. The van der Waals surface area contributed by atoms with Crippen LogP contribution in [-0.2, 0) is 16.2 Å². The summed E-state index contributed by atoms with van der Waals surface area (Å²) in [6.45, 7) is 3.88. The van der Waals surface area contributed by atoms with E-state index in [-0.39, 0.29) is 12.5 Å². The maximum absolute atomic E-state index is 12.6. The highest BCUT2D eigenvalue weighted by atomic mass is 16.7. The molecule has 0 bridgehead atoms. The minimum absolute atomic E-state index is 0.147. The van der Waals surface area contributed by atoms with E-state index in [9.17, 15) is 4.79 Å². The van der Waals surface area contributed by atoms with Crippen molar-refractivity contribution in [3.05, 3.63) is 71.5 Å². The van der Waals surface area contributed by atoms with Gasteiger partial charge in [-0.05, 0) is 31.5 Å². The highest BCUT2D eigenvalue weighted by Crippen LogP contribution is 2.27. The lowest BCUT2D eigenvalue weighted by Crippen LogP contribution is -2.44. The molecule has 28 heavy (non-hydrogen) atoms. The van der Waals surface area contributed by atoms with Gasteiger partial charge in [0, 0.05) is 12.0 Å². The normalized spacial score (nSPS) is 18.4. The summed E-state index contributed by atoms with van der Waals surface area (Å²) in [6.07, 6.45) is 0.393. The zero-order chi connectivity index (χ0) is 19.6. The Hall–Kier alpha value is -3.48. The number of hydrogen-bond acceptors (Lipinski definition) is 6. The number of rotatable bonds is 5. The summed E-state index contributed by atoms with van der Waals surface area (Å²) < 4.78 is 5.28. The van der Waals surface area contributed by atoms with Gasteiger partial charge in [-0.15, -0.1) is 0 Å². The van der Waals surface area contributed by atoms with Crippen molar-refractivity contribution in [2.75, 3.05) is 0 Å². The van der Waals surface area contributed by atoms with E-state index in [1.54, 1.807) is 6.92 Å². The standard InChI is InChI=1S/C21H20N4O3/c1-14-8-10-16(11-9-14)19-23-18(25-27-19)13-22-20(26)21(2)12-17(24-28-21)15-6-4-3-5-7-15/h3-11H,12-13H2,1-2H3,(H,22,26)/t21-/m0/s1. The van der Waals surface area contributed by atoms with Crippen molar-refractivity contribution < 1.29 is 14.2 Å². The van der Waals surface area contributed by atoms with Crippen LogP contribution in [0.25, 0.3) is 11.5 Å². The quantitative estimate of drug-likeness (QED) is 0.738. The molecule has 3 aromatic rings. The molecule has 0 fully saturated rings. The summed E-state index contributed by atoms with van der Waals surface area (Å²) in [4.78, 5) is 22.4. The Morgan fingerprint density at radius 2 is 1.86 bits per heavy atom. The van der Waals surface area contributed by atoms with Crippen molar-refractivity contribution >= 4 is 11.6 Å². The van der Waals surface area contributed by atoms with Gasteiger partial charge < -0.3 is 14.7 Å². The van der Waals surface area contributed by atoms with E-state index < -0.39 is 5.60 Å². The molecule has 0 saturated heterocycles. The largest absolute Gasteiger partial charge is 0.379 e. The Morgan fingerprint density at radius 3 is 2.61 bits per heavy atom. The zero-order valence-corrected chi connectivity index (χ0v) is 15.7. The van der Waals surface area contributed by atoms with Gasteiger partial charge in [0.2, 0.25) is 5.60 Å². The second kappa shape index (κ2) is 7.26. The maximum atomic E-state index is 12.6. The van der Waals surface area contributed by atoms with Crippen molar-refractivity contribution in [2.45, 2.75) is 32.4 Å². The Kier molecular flexibility index (Phi) is 4.65. The molecule has 1 aliphatic rings. The van der Waals surface area contributed by atoms with Crippen LogP contribution in [0.4, 0.5) is 0 Å². The minimum Gasteiger partial charge on any atom is -0.379 e. The highest BCUT2D eigenvalue weighted by Gasteiger charge is 2.42. The fourth-order valence-corrected chi connectivity index (χ4v) is 2.93. The lowest BCUT2D eigenvalue weighted by Gasteiger charge is -2.19. The predicted molar refractivity (Wildman–Crippen MR) is 103 cm³/mol. The fraction of sp³-hybridized carbons (Fsp3) is 0.238. The Labute approximate surface area is 162 Å². The van der Waals surface area contributed by atoms with E-state index in [0.29, 0.717) is 18.1 Å². The van der Waals surface area contributed by atoms with Gasteiger partial charge in [-0.3, -0.25) is 4.79 Å². The summed E-state index contributed by atoms with van der Waals surface area (Å²) in [6, 6.07) is 17.5. The van der Waals surface area contributed by atoms with E-state index in [1.807, 2.05) is 61.5 Å². The number of amides is 1. The van der Waals surface area contributed by atoms with Crippen LogP contribution in [0.15, 0.2) is 64.3 Å². The number of aryl methyl sites for hydroxylation is 1. The van der Waals surface area contributed by atoms with Gasteiger partial charge in [0.05, 0.1) is 12.3 Å². The molecule has 142 valence electrons. The van der Waals surface area contributed by atoms with Crippen LogP contribution in [0.3, 0.4) is 0 Å². The van der Waals surface area contributed by atoms with Gasteiger partial charge >= 0.3 is 0 Å². The topological polar surface area (TPSA) is 89.6 Å². The summed E-state index contributed by atoms with van der Waals surface area (Å²) >= 11 is 0. The van der Waals surface area contributed by atoms with Crippen molar-refractivity contribution in [1.82, 2.24) is 15.5 Å². The first-order valence-corrected chi connectivity index (χ1v) is 9.02. The number of hydrogen-bond donors (Lipinski definition) is 1. The first kappa shape index (κ1) is 17.9. The van der Waals surface area contributed by atoms with Gasteiger partial charge in [-0.1, -0.05) is 58.3 Å². The molecule has 2 heterocycles. The Morgan fingerprint density at radius 1 is 1.11 bits per heavy atom. The predicted octanol–water partition coefficient (Wildman–Crippen LogP) is 3.24. The fourth-order valence-electron chi connectivity index (χ4n) is 2.93. The summed E-state index contributed by atoms with van der Waals surface area (Å²) in [7, 11) is 0. The lowest BCUT2D eigenvalue weighted by atomic mass is 9.95. The summed E-state index contributed by atoms with van der Waals surface area (Å²) in [5.74, 6) is 0.542. The van der Waals surface area contributed by atoms with Crippen LogP contribution in [0.2, 0.25) is 0 Å². The average molecular weight is 376 g/mol. The third-order valence-electron chi connectivity index (χ3n) is 4.62. The van der Waals surface area contributed by atoms with Crippen LogP contribution < -0.4 is 5.32 Å². The van der Waals surface area contributed by atoms with Gasteiger partial charge in [0.1, 0.15) is 0 Å². The molecule has 7 heteroatoms. The molecule has 4 rings (SSSR count). The molecule has 1 amide bonds. The van der Waals surface area contributed by atoms with E-state index in [1.165, 1.54) is 0 Å². The second-order valence-electron chi connectivity index (χ2n) is 6.97. The van der Waals surface area contributed by atoms with Gasteiger partial charge in [-0.2, -0.15) is 4.98 Å². The van der Waals surface area contributed by atoms with Crippen LogP contribution in [0, 0.1) is 6.92 Å². The molecule has 0 unspecified atom stereocenters. The Bertz CT molecular complexity index is 1010. The SMILES string of the molecule is Cc1ccc(-c2nc(CNC(=O)[C@]3(C)CC(c4ccccc4)=NO3)no2)cc1. The number of aromatic nitrogens is 2. The number of oxime groups is 1. The Balaban J connectivity index is 1.37. The monoisotopic (exact) mass is 376 g/mol. The highest BCUT2D eigenvalue weighted by molar-refractivity contribution is 6.05. The van der Waals surface area contributed by atoms with Crippen LogP contribution in [0.5, 0.6) is 0 Å². The molecule has 1 aliphatic heterocycles. The number of carbonyl (C=O) groups excluding carboxylic acids is 1. The number of carbonyl (C=O) groups is 1. The molecule has 0 aliphatic carbocycles. The molecular weight excluding hydrogens is 356 g/mol. The van der Waals surface area contributed by atoms with E-state index in [2.05, 4.69) is 20.6 Å². The number of benzene rings is 2. The van der Waals surface area contributed by atoms with Crippen molar-refractivity contribution in [3.63, 3.8) is 0 Å². The molecule has 1 N–H and O–H groups in total. The number of nitrogens with zero attached hydrogens (tertiary/aromatic N) is 3. The molecule has 1 aromatic heterocycles. The van der Waals surface area contributed by atoms with Crippen molar-refractivity contribution in [1.29, 1.82) is 0 Å².